The van der Waals surface area contributed by atoms with Crippen molar-refractivity contribution in [3.05, 3.63) is 70.7 Å². The molecule has 0 saturated heterocycles. The molecule has 0 atom stereocenters. The maximum absolute atomic E-state index is 13.0. The summed E-state index contributed by atoms with van der Waals surface area (Å²) >= 11 is 5.99. The van der Waals surface area contributed by atoms with Crippen molar-refractivity contribution in [2.75, 3.05) is 13.1 Å². The van der Waals surface area contributed by atoms with Crippen molar-refractivity contribution in [3.63, 3.8) is 0 Å². The number of nitrogens with zero attached hydrogens (tertiary/aromatic N) is 1. The molecule has 0 spiro atoms. The van der Waals surface area contributed by atoms with E-state index in [1.165, 1.54) is 0 Å². The number of hydrogen-bond acceptors (Lipinski definition) is 2. The molecule has 0 aliphatic heterocycles. The average Bonchev–Trinajstić information content (AvgIpc) is 3.48. The van der Waals surface area contributed by atoms with Crippen molar-refractivity contribution in [1.29, 1.82) is 0 Å². The van der Waals surface area contributed by atoms with Gasteiger partial charge >= 0.3 is 0 Å². The summed E-state index contributed by atoms with van der Waals surface area (Å²) in [5.74, 6) is -0.213. The van der Waals surface area contributed by atoms with Crippen LogP contribution in [-0.2, 0) is 22.6 Å². The largest absolute Gasteiger partial charge is 0.355 e. The fourth-order valence-electron chi connectivity index (χ4n) is 3.28. The predicted octanol–water partition coefficient (Wildman–Crippen LogP) is 3.83. The number of nitrogens with one attached hydrogen (secondary N) is 1. The number of halogens is 1. The predicted molar refractivity (Wildman–Crippen MR) is 107 cm³/mol. The highest BCUT2D eigenvalue weighted by Gasteiger charge is 2.57. The second kappa shape index (κ2) is 8.57. The highest BCUT2D eigenvalue weighted by molar-refractivity contribution is 6.30. The summed E-state index contributed by atoms with van der Waals surface area (Å²) in [6, 6.07) is 17.5. The van der Waals surface area contributed by atoms with Crippen LogP contribution >= 0.6 is 11.6 Å². The van der Waals surface area contributed by atoms with Gasteiger partial charge in [-0.2, -0.15) is 0 Å². The van der Waals surface area contributed by atoms with Crippen LogP contribution < -0.4 is 5.32 Å². The molecule has 27 heavy (non-hydrogen) atoms. The van der Waals surface area contributed by atoms with Gasteiger partial charge in [-0.05, 0) is 49.4 Å². The fraction of sp³-hybridized carbons (Fsp3) is 0.364. The van der Waals surface area contributed by atoms with Gasteiger partial charge in [0.25, 0.3) is 0 Å². The number of carbonyl (C=O) groups excluding carboxylic acids is 2. The van der Waals surface area contributed by atoms with Gasteiger partial charge in [-0.25, -0.2) is 0 Å². The van der Waals surface area contributed by atoms with Crippen molar-refractivity contribution < 1.29 is 9.59 Å². The molecule has 0 radical (unpaired) electrons. The van der Waals surface area contributed by atoms with Gasteiger partial charge in [0, 0.05) is 24.7 Å². The molecule has 1 aliphatic carbocycles. The first kappa shape index (κ1) is 19.4. The lowest BCUT2D eigenvalue weighted by Crippen LogP contribution is -2.45. The van der Waals surface area contributed by atoms with Gasteiger partial charge in [-0.1, -0.05) is 54.1 Å². The molecular weight excluding hydrogens is 360 g/mol. The Balaban J connectivity index is 1.57. The van der Waals surface area contributed by atoms with Crippen LogP contribution in [0.2, 0.25) is 5.02 Å². The van der Waals surface area contributed by atoms with E-state index in [1.54, 1.807) is 4.90 Å². The van der Waals surface area contributed by atoms with Crippen LogP contribution in [0.4, 0.5) is 0 Å². The fourth-order valence-corrected chi connectivity index (χ4v) is 3.49. The second-order valence-corrected chi connectivity index (χ2v) is 7.46. The van der Waals surface area contributed by atoms with Crippen molar-refractivity contribution in [1.82, 2.24) is 10.2 Å². The summed E-state index contributed by atoms with van der Waals surface area (Å²) in [5.41, 5.74) is 1.27. The SMILES string of the molecule is CCN(Cc1ccccc1)C(=O)C1(C(=O)NCCc2cccc(Cl)c2)CC1. The van der Waals surface area contributed by atoms with E-state index in [9.17, 15) is 9.59 Å². The van der Waals surface area contributed by atoms with E-state index in [0.717, 1.165) is 11.1 Å². The van der Waals surface area contributed by atoms with E-state index in [2.05, 4.69) is 5.32 Å². The Bertz CT molecular complexity index is 803. The molecule has 3 rings (SSSR count). The monoisotopic (exact) mass is 384 g/mol. The average molecular weight is 385 g/mol. The Kier molecular flexibility index (Phi) is 6.17. The molecular formula is C22H25ClN2O2. The first-order chi connectivity index (χ1) is 13.0. The first-order valence-corrected chi connectivity index (χ1v) is 9.79. The molecule has 2 aromatic carbocycles. The molecule has 0 bridgehead atoms. The summed E-state index contributed by atoms with van der Waals surface area (Å²) < 4.78 is 0. The molecule has 1 N–H and O–H groups in total. The standard InChI is InChI=1S/C22H25ClN2O2/c1-2-25(16-18-7-4-3-5-8-18)21(27)22(12-13-22)20(26)24-14-11-17-9-6-10-19(23)15-17/h3-10,15H,2,11-14,16H2,1H3,(H,24,26). The minimum absolute atomic E-state index is 0.0610. The number of rotatable bonds is 8. The zero-order valence-corrected chi connectivity index (χ0v) is 16.3. The molecule has 0 heterocycles. The molecule has 2 amide bonds. The van der Waals surface area contributed by atoms with Gasteiger partial charge in [0.2, 0.25) is 11.8 Å². The van der Waals surface area contributed by atoms with Crippen LogP contribution in [0.3, 0.4) is 0 Å². The van der Waals surface area contributed by atoms with E-state index < -0.39 is 5.41 Å². The second-order valence-electron chi connectivity index (χ2n) is 7.02. The number of benzene rings is 2. The van der Waals surface area contributed by atoms with Crippen molar-refractivity contribution in [2.45, 2.75) is 32.7 Å². The molecule has 1 saturated carbocycles. The van der Waals surface area contributed by atoms with Crippen molar-refractivity contribution >= 4 is 23.4 Å². The van der Waals surface area contributed by atoms with Crippen LogP contribution in [0, 0.1) is 5.41 Å². The van der Waals surface area contributed by atoms with E-state index in [0.29, 0.717) is 43.9 Å². The lowest BCUT2D eigenvalue weighted by atomic mass is 10.0. The zero-order chi connectivity index (χ0) is 19.3. The lowest BCUT2D eigenvalue weighted by Gasteiger charge is -2.26. The van der Waals surface area contributed by atoms with Crippen LogP contribution in [0.15, 0.2) is 54.6 Å². The first-order valence-electron chi connectivity index (χ1n) is 9.41. The summed E-state index contributed by atoms with van der Waals surface area (Å²) in [6.07, 6.45) is 1.94. The summed E-state index contributed by atoms with van der Waals surface area (Å²) in [6.45, 7) is 3.58. The topological polar surface area (TPSA) is 49.4 Å². The molecule has 142 valence electrons. The van der Waals surface area contributed by atoms with E-state index >= 15 is 0 Å². The maximum Gasteiger partial charge on any atom is 0.238 e. The van der Waals surface area contributed by atoms with Gasteiger partial charge in [0.15, 0.2) is 0 Å². The molecule has 1 fully saturated rings. The normalized spacial score (nSPS) is 14.4. The highest BCUT2D eigenvalue weighted by Crippen LogP contribution is 2.47. The van der Waals surface area contributed by atoms with Gasteiger partial charge in [-0.15, -0.1) is 0 Å². The third-order valence-electron chi connectivity index (χ3n) is 5.07. The smallest absolute Gasteiger partial charge is 0.238 e. The minimum atomic E-state index is -0.876. The van der Waals surface area contributed by atoms with E-state index in [-0.39, 0.29) is 11.8 Å². The molecule has 0 aromatic heterocycles. The molecule has 2 aromatic rings. The summed E-state index contributed by atoms with van der Waals surface area (Å²) in [5, 5.41) is 3.63. The Morgan fingerprint density at radius 3 is 2.41 bits per heavy atom. The maximum atomic E-state index is 13.0. The van der Waals surface area contributed by atoms with Gasteiger partial charge in [0.1, 0.15) is 5.41 Å². The van der Waals surface area contributed by atoms with E-state index in [4.69, 9.17) is 11.6 Å². The Labute approximate surface area is 165 Å². The van der Waals surface area contributed by atoms with Gasteiger partial charge < -0.3 is 10.2 Å². The molecule has 0 unspecified atom stereocenters. The third kappa shape index (κ3) is 4.69. The van der Waals surface area contributed by atoms with E-state index in [1.807, 2.05) is 61.5 Å². The summed E-state index contributed by atoms with van der Waals surface area (Å²) in [4.78, 5) is 27.5. The molecule has 1 aliphatic rings. The Morgan fingerprint density at radius 2 is 1.78 bits per heavy atom. The number of hydrogen-bond donors (Lipinski definition) is 1. The lowest BCUT2D eigenvalue weighted by molar-refractivity contribution is -0.144. The molecule has 5 heteroatoms. The van der Waals surface area contributed by atoms with Gasteiger partial charge in [-0.3, -0.25) is 9.59 Å². The van der Waals surface area contributed by atoms with Crippen LogP contribution in [0.25, 0.3) is 0 Å². The Hall–Kier alpha value is -2.33. The van der Waals surface area contributed by atoms with Crippen molar-refractivity contribution in [2.24, 2.45) is 5.41 Å². The molecule has 4 nitrogen and oxygen atoms in total. The highest BCUT2D eigenvalue weighted by atomic mass is 35.5. The number of amides is 2. The Morgan fingerprint density at radius 1 is 1.07 bits per heavy atom. The van der Waals surface area contributed by atoms with Gasteiger partial charge in [0.05, 0.1) is 0 Å². The third-order valence-corrected chi connectivity index (χ3v) is 5.30. The summed E-state index contributed by atoms with van der Waals surface area (Å²) in [7, 11) is 0. The van der Waals surface area contributed by atoms with Crippen LogP contribution in [-0.4, -0.2) is 29.8 Å². The van der Waals surface area contributed by atoms with Crippen LogP contribution in [0.1, 0.15) is 30.9 Å². The van der Waals surface area contributed by atoms with Crippen LogP contribution in [0.5, 0.6) is 0 Å². The minimum Gasteiger partial charge on any atom is -0.355 e. The zero-order valence-electron chi connectivity index (χ0n) is 15.6. The van der Waals surface area contributed by atoms with Crippen molar-refractivity contribution in [3.8, 4) is 0 Å². The quantitative estimate of drug-likeness (QED) is 0.703. The number of carbonyl (C=O) groups is 2.